The summed E-state index contributed by atoms with van der Waals surface area (Å²) in [5, 5.41) is 3.75. The van der Waals surface area contributed by atoms with Gasteiger partial charge in [0.2, 0.25) is 5.91 Å². The van der Waals surface area contributed by atoms with Crippen LogP contribution in [-0.2, 0) is 9.59 Å². The topological polar surface area (TPSA) is 67.9 Å². The van der Waals surface area contributed by atoms with E-state index in [1.807, 2.05) is 31.2 Å². The van der Waals surface area contributed by atoms with Crippen LogP contribution < -0.4 is 19.7 Å². The Kier molecular flexibility index (Phi) is 8.69. The van der Waals surface area contributed by atoms with Crippen LogP contribution >= 0.6 is 57.6 Å². The average molecular weight is 643 g/mol. The number of amides is 2. The van der Waals surface area contributed by atoms with Gasteiger partial charge in [-0.25, -0.2) is 0 Å². The van der Waals surface area contributed by atoms with E-state index in [0.717, 1.165) is 14.8 Å². The quantitative estimate of drug-likeness (QED) is 0.274. The van der Waals surface area contributed by atoms with Crippen LogP contribution in [0.5, 0.6) is 11.5 Å². The summed E-state index contributed by atoms with van der Waals surface area (Å²) in [7, 11) is 0. The summed E-state index contributed by atoms with van der Waals surface area (Å²) in [5.41, 5.74) is 2.31. The van der Waals surface area contributed by atoms with E-state index >= 15 is 0 Å². The van der Waals surface area contributed by atoms with Gasteiger partial charge >= 0.3 is 0 Å². The smallest absolute Gasteiger partial charge is 0.262 e. The molecule has 0 spiro atoms. The fourth-order valence-corrected chi connectivity index (χ4v) is 5.74. The van der Waals surface area contributed by atoms with Crippen molar-refractivity contribution < 1.29 is 19.1 Å². The van der Waals surface area contributed by atoms with Crippen molar-refractivity contribution in [2.24, 2.45) is 0 Å². The van der Waals surface area contributed by atoms with Crippen molar-refractivity contribution in [1.29, 1.82) is 0 Å². The van der Waals surface area contributed by atoms with Gasteiger partial charge in [-0.3, -0.25) is 14.5 Å². The van der Waals surface area contributed by atoms with Crippen molar-refractivity contribution >= 4 is 80.7 Å². The van der Waals surface area contributed by atoms with Gasteiger partial charge in [0.05, 0.1) is 15.9 Å². The van der Waals surface area contributed by atoms with Crippen LogP contribution in [0, 0.1) is 3.57 Å². The highest BCUT2D eigenvalue weighted by molar-refractivity contribution is 14.1. The number of nitrogens with zero attached hydrogens (tertiary/aromatic N) is 1. The maximum absolute atomic E-state index is 12.7. The zero-order chi connectivity index (χ0) is 24.9. The molecule has 4 rings (SSSR count). The summed E-state index contributed by atoms with van der Waals surface area (Å²) >= 11 is 15.6. The van der Waals surface area contributed by atoms with Crippen molar-refractivity contribution in [1.82, 2.24) is 0 Å². The fraction of sp³-hybridized carbons (Fsp3) is 0.200. The molecule has 35 heavy (non-hydrogen) atoms. The molecule has 1 N–H and O–H groups in total. The maximum atomic E-state index is 12.7. The van der Waals surface area contributed by atoms with Crippen LogP contribution in [-0.4, -0.2) is 30.8 Å². The molecule has 0 saturated carbocycles. The van der Waals surface area contributed by atoms with Crippen LogP contribution in [0.25, 0.3) is 0 Å². The largest absolute Gasteiger partial charge is 0.490 e. The Morgan fingerprint density at radius 2 is 1.74 bits per heavy atom. The lowest BCUT2D eigenvalue weighted by Gasteiger charge is -2.25. The van der Waals surface area contributed by atoms with Crippen molar-refractivity contribution in [3.63, 3.8) is 0 Å². The highest BCUT2D eigenvalue weighted by Crippen LogP contribution is 2.45. The standard InChI is InChI=1S/C25H21Cl2IN2O4S/c1-2-33-21-12-15(25-30(23(32)14-35-25)19-9-5-17(27)6-10-19)11-20(28)24(21)34-13-22(31)29-18-7-3-16(26)4-8-18/h3-12,25H,2,13-14H2,1H3,(H,29,31)/t25-/m1/s1. The minimum Gasteiger partial charge on any atom is -0.490 e. The minimum absolute atomic E-state index is 0.0227. The van der Waals surface area contributed by atoms with Crippen molar-refractivity contribution in [3.8, 4) is 11.5 Å². The highest BCUT2D eigenvalue weighted by atomic mass is 127. The van der Waals surface area contributed by atoms with Gasteiger partial charge < -0.3 is 14.8 Å². The molecule has 0 unspecified atom stereocenters. The Bertz CT molecular complexity index is 1230. The number of thioether (sulfide) groups is 1. The molecule has 10 heteroatoms. The van der Waals surface area contributed by atoms with E-state index in [1.165, 1.54) is 0 Å². The normalized spacial score (nSPS) is 15.3. The molecule has 2 amide bonds. The molecular formula is C25H21Cl2IN2O4S. The third-order valence-corrected chi connectivity index (χ3v) is 7.58. The van der Waals surface area contributed by atoms with E-state index in [0.29, 0.717) is 39.6 Å². The summed E-state index contributed by atoms with van der Waals surface area (Å²) in [6, 6.07) is 17.9. The second kappa shape index (κ2) is 11.7. The van der Waals surface area contributed by atoms with Crippen LogP contribution in [0.1, 0.15) is 17.9 Å². The number of benzene rings is 3. The van der Waals surface area contributed by atoms with Crippen LogP contribution in [0.4, 0.5) is 11.4 Å². The first-order valence-electron chi connectivity index (χ1n) is 10.7. The molecule has 0 aromatic heterocycles. The molecule has 6 nitrogen and oxygen atoms in total. The van der Waals surface area contributed by atoms with Gasteiger partial charge in [-0.05, 0) is 95.7 Å². The average Bonchev–Trinajstić information content (AvgIpc) is 3.22. The first kappa shape index (κ1) is 25.9. The first-order chi connectivity index (χ1) is 16.9. The molecule has 1 aliphatic rings. The minimum atomic E-state index is -0.305. The first-order valence-corrected chi connectivity index (χ1v) is 13.6. The number of anilines is 2. The predicted octanol–water partition coefficient (Wildman–Crippen LogP) is 6.79. The fourth-order valence-electron chi connectivity index (χ4n) is 3.55. The molecule has 0 radical (unpaired) electrons. The molecule has 1 atom stereocenters. The van der Waals surface area contributed by atoms with Crippen molar-refractivity contribution in [2.75, 3.05) is 29.2 Å². The van der Waals surface area contributed by atoms with Crippen molar-refractivity contribution in [3.05, 3.63) is 79.8 Å². The second-order valence-corrected chi connectivity index (χ2v) is 10.6. The molecule has 0 aliphatic carbocycles. The van der Waals surface area contributed by atoms with Gasteiger partial charge in [0, 0.05) is 21.4 Å². The van der Waals surface area contributed by atoms with Gasteiger partial charge in [-0.15, -0.1) is 11.8 Å². The Balaban J connectivity index is 1.54. The number of hydrogen-bond donors (Lipinski definition) is 1. The Morgan fingerprint density at radius 3 is 2.40 bits per heavy atom. The van der Waals surface area contributed by atoms with Gasteiger partial charge in [0.1, 0.15) is 5.37 Å². The van der Waals surface area contributed by atoms with Gasteiger partial charge in [0.15, 0.2) is 18.1 Å². The molecule has 1 fully saturated rings. The summed E-state index contributed by atoms with van der Waals surface area (Å²) in [4.78, 5) is 26.9. The SMILES string of the molecule is CCOc1cc([C@H]2SCC(=O)N2c2ccc(Cl)cc2)cc(I)c1OCC(=O)Nc1ccc(Cl)cc1. The molecule has 3 aromatic rings. The summed E-state index contributed by atoms with van der Waals surface area (Å²) in [5.74, 6) is 1.09. The molecule has 1 aliphatic heterocycles. The predicted molar refractivity (Wildman–Crippen MR) is 150 cm³/mol. The number of rotatable bonds is 8. The van der Waals surface area contributed by atoms with Gasteiger partial charge in [-0.2, -0.15) is 0 Å². The molecule has 1 heterocycles. The van der Waals surface area contributed by atoms with Gasteiger partial charge in [-0.1, -0.05) is 23.2 Å². The van der Waals surface area contributed by atoms with E-state index in [1.54, 1.807) is 53.1 Å². The van der Waals surface area contributed by atoms with E-state index < -0.39 is 0 Å². The van der Waals surface area contributed by atoms with Crippen LogP contribution in [0.2, 0.25) is 10.0 Å². The lowest BCUT2D eigenvalue weighted by molar-refractivity contribution is -0.118. The number of halogens is 3. The molecule has 182 valence electrons. The lowest BCUT2D eigenvalue weighted by Crippen LogP contribution is -2.27. The van der Waals surface area contributed by atoms with Gasteiger partial charge in [0.25, 0.3) is 5.91 Å². The second-order valence-electron chi connectivity index (χ2n) is 7.51. The maximum Gasteiger partial charge on any atom is 0.262 e. The Labute approximate surface area is 231 Å². The molecular weight excluding hydrogens is 622 g/mol. The number of hydrogen-bond acceptors (Lipinski definition) is 5. The van der Waals surface area contributed by atoms with Crippen LogP contribution in [0.15, 0.2) is 60.7 Å². The Morgan fingerprint density at radius 1 is 1.09 bits per heavy atom. The monoisotopic (exact) mass is 642 g/mol. The zero-order valence-corrected chi connectivity index (χ0v) is 23.1. The summed E-state index contributed by atoms with van der Waals surface area (Å²) < 4.78 is 12.5. The van der Waals surface area contributed by atoms with E-state index in [-0.39, 0.29) is 23.8 Å². The summed E-state index contributed by atoms with van der Waals surface area (Å²) in [6.45, 7) is 2.11. The number of nitrogens with one attached hydrogen (secondary N) is 1. The highest BCUT2D eigenvalue weighted by Gasteiger charge is 2.35. The molecule has 1 saturated heterocycles. The van der Waals surface area contributed by atoms with E-state index in [9.17, 15) is 9.59 Å². The van der Waals surface area contributed by atoms with E-state index in [2.05, 4.69) is 27.9 Å². The third kappa shape index (κ3) is 6.35. The summed E-state index contributed by atoms with van der Waals surface area (Å²) in [6.07, 6.45) is 0. The Hall–Kier alpha value is -2.14. The molecule has 3 aromatic carbocycles. The molecule has 0 bridgehead atoms. The van der Waals surface area contributed by atoms with Crippen LogP contribution in [0.3, 0.4) is 0 Å². The number of carbonyl (C=O) groups is 2. The lowest BCUT2D eigenvalue weighted by atomic mass is 10.1. The zero-order valence-electron chi connectivity index (χ0n) is 18.6. The number of carbonyl (C=O) groups excluding carboxylic acids is 2. The van der Waals surface area contributed by atoms with Crippen molar-refractivity contribution in [2.45, 2.75) is 12.3 Å². The number of ether oxygens (including phenoxy) is 2. The van der Waals surface area contributed by atoms with E-state index in [4.69, 9.17) is 32.7 Å². The third-order valence-electron chi connectivity index (χ3n) is 5.07.